The van der Waals surface area contributed by atoms with Gasteiger partial charge in [-0.1, -0.05) is 24.9 Å². The molecule has 1 unspecified atom stereocenters. The highest BCUT2D eigenvalue weighted by atomic mass is 35.5. The van der Waals surface area contributed by atoms with Crippen LogP contribution >= 0.6 is 11.6 Å². The average Bonchev–Trinajstić information content (AvgIpc) is 2.95. The highest BCUT2D eigenvalue weighted by Gasteiger charge is 2.34. The van der Waals surface area contributed by atoms with Crippen LogP contribution < -0.4 is 4.74 Å². The van der Waals surface area contributed by atoms with Crippen LogP contribution in [0.2, 0.25) is 5.02 Å². The molecule has 1 aromatic rings. The van der Waals surface area contributed by atoms with Crippen molar-refractivity contribution >= 4 is 27.3 Å². The predicted molar refractivity (Wildman–Crippen MR) is 105 cm³/mol. The third-order valence-electron chi connectivity index (χ3n) is 4.66. The summed E-state index contributed by atoms with van der Waals surface area (Å²) in [4.78, 5) is 14.4. The van der Waals surface area contributed by atoms with Gasteiger partial charge >= 0.3 is 0 Å². The molecule has 0 aliphatic carbocycles. The van der Waals surface area contributed by atoms with Crippen LogP contribution in [-0.4, -0.2) is 49.9 Å². The predicted octanol–water partition coefficient (Wildman–Crippen LogP) is 3.62. The van der Waals surface area contributed by atoms with Gasteiger partial charge in [0.2, 0.25) is 5.91 Å². The molecule has 0 spiro atoms. The fourth-order valence-electron chi connectivity index (χ4n) is 3.12. The lowest BCUT2D eigenvalue weighted by Crippen LogP contribution is -2.41. The molecule has 1 amide bonds. The van der Waals surface area contributed by atoms with Crippen LogP contribution in [0.1, 0.15) is 44.6 Å². The second kappa shape index (κ2) is 9.60. The molecule has 0 saturated carbocycles. The van der Waals surface area contributed by atoms with Gasteiger partial charge in [-0.15, -0.1) is 0 Å². The minimum Gasteiger partial charge on any atom is -0.494 e. The Morgan fingerprint density at radius 1 is 1.35 bits per heavy atom. The number of sulfone groups is 1. The van der Waals surface area contributed by atoms with Crippen molar-refractivity contribution < 1.29 is 17.9 Å². The summed E-state index contributed by atoms with van der Waals surface area (Å²) >= 11 is 5.99. The van der Waals surface area contributed by atoms with Crippen molar-refractivity contribution in [1.82, 2.24) is 4.90 Å². The molecule has 1 saturated heterocycles. The van der Waals surface area contributed by atoms with Gasteiger partial charge in [-0.25, -0.2) is 8.42 Å². The van der Waals surface area contributed by atoms with E-state index in [0.29, 0.717) is 37.4 Å². The molecule has 0 radical (unpaired) electrons. The number of rotatable bonds is 9. The Kier molecular flexibility index (Phi) is 7.77. The number of hydrogen-bond donors (Lipinski definition) is 0. The van der Waals surface area contributed by atoms with Gasteiger partial charge in [0, 0.05) is 24.0 Å². The molecule has 7 heteroatoms. The highest BCUT2D eigenvalue weighted by molar-refractivity contribution is 7.91. The monoisotopic (exact) mass is 401 g/mol. The van der Waals surface area contributed by atoms with E-state index in [9.17, 15) is 13.2 Å². The van der Waals surface area contributed by atoms with Crippen LogP contribution in [0.25, 0.3) is 0 Å². The van der Waals surface area contributed by atoms with Gasteiger partial charge in [0.25, 0.3) is 0 Å². The Balaban J connectivity index is 1.83. The first kappa shape index (κ1) is 21.0. The number of aryl methyl sites for hydroxylation is 1. The van der Waals surface area contributed by atoms with Crippen molar-refractivity contribution in [2.24, 2.45) is 0 Å². The largest absolute Gasteiger partial charge is 0.494 e. The van der Waals surface area contributed by atoms with Gasteiger partial charge in [-0.3, -0.25) is 4.79 Å². The molecule has 1 heterocycles. The molecule has 1 fully saturated rings. The zero-order valence-corrected chi connectivity index (χ0v) is 17.1. The zero-order valence-electron chi connectivity index (χ0n) is 15.5. The summed E-state index contributed by atoms with van der Waals surface area (Å²) in [7, 11) is -3.00. The summed E-state index contributed by atoms with van der Waals surface area (Å²) < 4.78 is 29.2. The molecule has 0 N–H and O–H groups in total. The van der Waals surface area contributed by atoms with E-state index in [0.717, 1.165) is 24.2 Å². The van der Waals surface area contributed by atoms with Gasteiger partial charge in [0.05, 0.1) is 18.1 Å². The van der Waals surface area contributed by atoms with Crippen LogP contribution in [0.15, 0.2) is 18.2 Å². The summed E-state index contributed by atoms with van der Waals surface area (Å²) in [5.41, 5.74) is 0.952. The molecule has 146 valence electrons. The van der Waals surface area contributed by atoms with Crippen molar-refractivity contribution in [1.29, 1.82) is 0 Å². The summed E-state index contributed by atoms with van der Waals surface area (Å²) in [5, 5.41) is 0.700. The molecule has 2 rings (SSSR count). The number of unbranched alkanes of at least 4 members (excludes halogenated alkanes) is 1. The third-order valence-corrected chi connectivity index (χ3v) is 6.83. The summed E-state index contributed by atoms with van der Waals surface area (Å²) in [6, 6.07) is 5.32. The number of halogens is 1. The topological polar surface area (TPSA) is 63.7 Å². The second-order valence-corrected chi connectivity index (χ2v) is 9.50. The molecular weight excluding hydrogens is 374 g/mol. The Labute approximate surface area is 161 Å². The molecule has 1 atom stereocenters. The lowest BCUT2D eigenvalue weighted by Gasteiger charge is -2.28. The number of hydrogen-bond acceptors (Lipinski definition) is 4. The fraction of sp³-hybridized carbons (Fsp3) is 0.632. The summed E-state index contributed by atoms with van der Waals surface area (Å²) in [6.45, 7) is 5.06. The number of nitrogens with zero attached hydrogens (tertiary/aromatic N) is 1. The first-order chi connectivity index (χ1) is 12.3. The first-order valence-corrected chi connectivity index (χ1v) is 11.4. The molecule has 0 bridgehead atoms. The SMILES string of the molecule is CCCCN(C(=O)CCCOc1ccc(Cl)c(C)c1)C1CCS(=O)(=O)C1. The molecule has 1 aliphatic rings. The van der Waals surface area contributed by atoms with Gasteiger partial charge in [-0.2, -0.15) is 0 Å². The van der Waals surface area contributed by atoms with E-state index < -0.39 is 9.84 Å². The lowest BCUT2D eigenvalue weighted by atomic mass is 10.1. The van der Waals surface area contributed by atoms with Crippen LogP contribution in [-0.2, 0) is 14.6 Å². The standard InChI is InChI=1S/C19H28ClNO4S/c1-3-4-10-21(16-9-12-26(23,24)14-16)19(22)6-5-11-25-17-7-8-18(20)15(2)13-17/h7-8,13,16H,3-6,9-12,14H2,1-2H3. The Morgan fingerprint density at radius 2 is 2.12 bits per heavy atom. The van der Waals surface area contributed by atoms with Gasteiger partial charge in [0.1, 0.15) is 5.75 Å². The minimum absolute atomic E-state index is 0.0245. The lowest BCUT2D eigenvalue weighted by molar-refractivity contribution is -0.133. The fourth-order valence-corrected chi connectivity index (χ4v) is 4.97. The zero-order chi connectivity index (χ0) is 19.2. The van der Waals surface area contributed by atoms with Gasteiger partial charge in [0.15, 0.2) is 9.84 Å². The molecule has 5 nitrogen and oxygen atoms in total. The second-order valence-electron chi connectivity index (χ2n) is 6.86. The minimum atomic E-state index is -3.00. The van der Waals surface area contributed by atoms with Crippen LogP contribution in [0, 0.1) is 6.92 Å². The van der Waals surface area contributed by atoms with Gasteiger partial charge < -0.3 is 9.64 Å². The van der Waals surface area contributed by atoms with Crippen molar-refractivity contribution in [2.75, 3.05) is 24.7 Å². The quantitative estimate of drug-likeness (QED) is 0.593. The van der Waals surface area contributed by atoms with E-state index >= 15 is 0 Å². The number of ether oxygens (including phenoxy) is 1. The molecule has 1 aliphatic heterocycles. The molecule has 0 aromatic heterocycles. The number of carbonyl (C=O) groups is 1. The third kappa shape index (κ3) is 6.16. The molecule has 26 heavy (non-hydrogen) atoms. The van der Waals surface area contributed by atoms with E-state index in [1.165, 1.54) is 0 Å². The Morgan fingerprint density at radius 3 is 2.73 bits per heavy atom. The highest BCUT2D eigenvalue weighted by Crippen LogP contribution is 2.22. The van der Waals surface area contributed by atoms with E-state index in [1.807, 2.05) is 19.1 Å². The van der Waals surface area contributed by atoms with Gasteiger partial charge in [-0.05, 0) is 49.9 Å². The van der Waals surface area contributed by atoms with Crippen molar-refractivity contribution in [2.45, 2.75) is 52.0 Å². The molecule has 1 aromatic carbocycles. The molecular formula is C19H28ClNO4S. The van der Waals surface area contributed by atoms with Crippen molar-refractivity contribution in [3.05, 3.63) is 28.8 Å². The van der Waals surface area contributed by atoms with Crippen LogP contribution in [0.4, 0.5) is 0 Å². The average molecular weight is 402 g/mol. The maximum atomic E-state index is 12.6. The maximum Gasteiger partial charge on any atom is 0.222 e. The van der Waals surface area contributed by atoms with Crippen LogP contribution in [0.3, 0.4) is 0 Å². The van der Waals surface area contributed by atoms with Crippen LogP contribution in [0.5, 0.6) is 5.75 Å². The first-order valence-electron chi connectivity index (χ1n) is 9.21. The van der Waals surface area contributed by atoms with E-state index in [4.69, 9.17) is 16.3 Å². The smallest absolute Gasteiger partial charge is 0.222 e. The van der Waals surface area contributed by atoms with E-state index in [-0.39, 0.29) is 23.5 Å². The normalized spacial score (nSPS) is 18.7. The maximum absolute atomic E-state index is 12.6. The van der Waals surface area contributed by atoms with Crippen molar-refractivity contribution in [3.63, 3.8) is 0 Å². The summed E-state index contributed by atoms with van der Waals surface area (Å²) in [5.74, 6) is 1.05. The summed E-state index contributed by atoms with van der Waals surface area (Å²) in [6.07, 6.45) is 3.39. The number of benzene rings is 1. The van der Waals surface area contributed by atoms with E-state index in [1.54, 1.807) is 11.0 Å². The Hall–Kier alpha value is -1.27. The number of carbonyl (C=O) groups excluding carboxylic acids is 1. The van der Waals surface area contributed by atoms with E-state index in [2.05, 4.69) is 6.92 Å². The van der Waals surface area contributed by atoms with Crippen molar-refractivity contribution in [3.8, 4) is 5.75 Å². The Bertz CT molecular complexity index is 720. The number of amides is 1.